The fourth-order valence-corrected chi connectivity index (χ4v) is 4.80. The van der Waals surface area contributed by atoms with Crippen molar-refractivity contribution in [1.82, 2.24) is 10.2 Å². The van der Waals surface area contributed by atoms with E-state index >= 15 is 0 Å². The molecule has 4 atom stereocenters. The second-order valence-corrected chi connectivity index (χ2v) is 9.19. The SMILES string of the molecule is CCOC(=O)C(C#N)Cc1ccc(OCCNC2[C@H]3CN(Cc4ccc(Cl)cc4)C[C@@H]23)cc1. The molecule has 6 nitrogen and oxygen atoms in total. The number of carbonyl (C=O) groups is 1. The first-order valence-corrected chi connectivity index (χ1v) is 11.9. The van der Waals surface area contributed by atoms with Gasteiger partial charge < -0.3 is 14.8 Å². The van der Waals surface area contributed by atoms with Crippen molar-refractivity contribution in [2.24, 2.45) is 17.8 Å². The summed E-state index contributed by atoms with van der Waals surface area (Å²) in [5, 5.41) is 13.6. The lowest BCUT2D eigenvalue weighted by atomic mass is 10.0. The van der Waals surface area contributed by atoms with E-state index in [-0.39, 0.29) is 6.61 Å². The van der Waals surface area contributed by atoms with Gasteiger partial charge in [0.25, 0.3) is 0 Å². The number of nitrogens with one attached hydrogen (secondary N) is 1. The zero-order valence-corrected chi connectivity index (χ0v) is 19.6. The zero-order valence-electron chi connectivity index (χ0n) is 18.9. The molecule has 1 saturated carbocycles. The maximum absolute atomic E-state index is 11.8. The number of carbonyl (C=O) groups excluding carboxylic acids is 1. The van der Waals surface area contributed by atoms with Crippen LogP contribution in [0.3, 0.4) is 0 Å². The zero-order chi connectivity index (χ0) is 23.2. The van der Waals surface area contributed by atoms with E-state index in [2.05, 4.69) is 22.3 Å². The van der Waals surface area contributed by atoms with Crippen molar-refractivity contribution in [3.05, 3.63) is 64.7 Å². The number of hydrogen-bond donors (Lipinski definition) is 1. The van der Waals surface area contributed by atoms with Gasteiger partial charge >= 0.3 is 5.97 Å². The highest BCUT2D eigenvalue weighted by molar-refractivity contribution is 6.30. The lowest BCUT2D eigenvalue weighted by Gasteiger charge is -2.20. The van der Waals surface area contributed by atoms with Crippen molar-refractivity contribution in [3.63, 3.8) is 0 Å². The number of rotatable bonds is 11. The monoisotopic (exact) mass is 467 g/mol. The second-order valence-electron chi connectivity index (χ2n) is 8.76. The molecule has 1 N–H and O–H groups in total. The van der Waals surface area contributed by atoms with Gasteiger partial charge in [0.05, 0.1) is 12.7 Å². The van der Waals surface area contributed by atoms with E-state index < -0.39 is 11.9 Å². The average molecular weight is 468 g/mol. The fourth-order valence-electron chi connectivity index (χ4n) is 4.67. The van der Waals surface area contributed by atoms with Gasteiger partial charge in [0.1, 0.15) is 18.3 Å². The van der Waals surface area contributed by atoms with E-state index in [0.29, 0.717) is 19.1 Å². The van der Waals surface area contributed by atoms with E-state index in [9.17, 15) is 10.1 Å². The Hall–Kier alpha value is -2.59. The molecule has 7 heteroatoms. The minimum atomic E-state index is -0.777. The van der Waals surface area contributed by atoms with Crippen molar-refractivity contribution in [2.45, 2.75) is 25.9 Å². The van der Waals surface area contributed by atoms with Gasteiger partial charge in [0.15, 0.2) is 0 Å². The third-order valence-corrected chi connectivity index (χ3v) is 6.68. The third kappa shape index (κ3) is 6.26. The molecule has 0 spiro atoms. The van der Waals surface area contributed by atoms with Gasteiger partial charge in [-0.05, 0) is 60.6 Å². The van der Waals surface area contributed by atoms with Gasteiger partial charge in [-0.15, -0.1) is 0 Å². The molecule has 0 aromatic heterocycles. The molecule has 2 aromatic carbocycles. The summed E-state index contributed by atoms with van der Waals surface area (Å²) in [5.74, 6) is 1.02. The van der Waals surface area contributed by atoms with Crippen LogP contribution in [0.5, 0.6) is 5.75 Å². The molecule has 1 aliphatic heterocycles. The van der Waals surface area contributed by atoms with Crippen LogP contribution in [-0.4, -0.2) is 49.8 Å². The number of halogens is 1. The summed E-state index contributed by atoms with van der Waals surface area (Å²) in [4.78, 5) is 14.3. The molecule has 174 valence electrons. The first-order chi connectivity index (χ1) is 16.1. The Bertz CT molecular complexity index is 962. The first-order valence-electron chi connectivity index (χ1n) is 11.6. The van der Waals surface area contributed by atoms with E-state index in [1.165, 1.54) is 5.56 Å². The summed E-state index contributed by atoms with van der Waals surface area (Å²) >= 11 is 5.97. The maximum Gasteiger partial charge on any atom is 0.323 e. The molecule has 2 unspecified atom stereocenters. The summed E-state index contributed by atoms with van der Waals surface area (Å²) in [5.41, 5.74) is 2.22. The summed E-state index contributed by atoms with van der Waals surface area (Å²) in [7, 11) is 0. The number of ether oxygens (including phenoxy) is 2. The molecule has 1 aliphatic carbocycles. The second kappa shape index (κ2) is 11.0. The third-order valence-electron chi connectivity index (χ3n) is 6.43. The predicted molar refractivity (Wildman–Crippen MR) is 127 cm³/mol. The van der Waals surface area contributed by atoms with E-state index in [1.807, 2.05) is 42.5 Å². The van der Waals surface area contributed by atoms with Crippen molar-refractivity contribution < 1.29 is 14.3 Å². The minimum absolute atomic E-state index is 0.280. The molecule has 4 rings (SSSR count). The van der Waals surface area contributed by atoms with Gasteiger partial charge in [-0.1, -0.05) is 35.9 Å². The summed E-state index contributed by atoms with van der Waals surface area (Å²) in [6.07, 6.45) is 0.344. The number of nitrogens with zero attached hydrogens (tertiary/aromatic N) is 2. The molecule has 1 saturated heterocycles. The van der Waals surface area contributed by atoms with Crippen LogP contribution in [0.4, 0.5) is 0 Å². The van der Waals surface area contributed by atoms with Crippen molar-refractivity contribution in [1.29, 1.82) is 5.26 Å². The van der Waals surface area contributed by atoms with Crippen LogP contribution in [0.2, 0.25) is 5.02 Å². The standard InChI is InChI=1S/C26H30ClN3O3/c1-2-32-26(31)20(14-28)13-18-5-9-22(10-6-18)33-12-11-29-25-23-16-30(17-24(23)25)15-19-3-7-21(27)8-4-19/h3-10,20,23-25,29H,2,11-13,15-17H2,1H3/t20?,23-,24+,25?. The quantitative estimate of drug-likeness (QED) is 0.401. The Morgan fingerprint density at radius 3 is 2.45 bits per heavy atom. The number of piperidine rings is 1. The van der Waals surface area contributed by atoms with E-state index in [4.69, 9.17) is 21.1 Å². The molecule has 2 fully saturated rings. The number of esters is 1. The maximum atomic E-state index is 11.8. The van der Waals surface area contributed by atoms with Gasteiger partial charge in [-0.3, -0.25) is 9.69 Å². The lowest BCUT2D eigenvalue weighted by molar-refractivity contribution is -0.145. The fraction of sp³-hybridized carbons (Fsp3) is 0.462. The smallest absolute Gasteiger partial charge is 0.323 e. The van der Waals surface area contributed by atoms with Crippen LogP contribution in [0.1, 0.15) is 18.1 Å². The van der Waals surface area contributed by atoms with Gasteiger partial charge in [-0.25, -0.2) is 0 Å². The van der Waals surface area contributed by atoms with Crippen LogP contribution in [0.25, 0.3) is 0 Å². The molecule has 0 bridgehead atoms. The Balaban J connectivity index is 1.12. The van der Waals surface area contributed by atoms with Crippen LogP contribution >= 0.6 is 11.6 Å². The minimum Gasteiger partial charge on any atom is -0.492 e. The number of likely N-dealkylation sites (tertiary alicyclic amines) is 1. The first kappa shape index (κ1) is 23.6. The van der Waals surface area contributed by atoms with Crippen LogP contribution < -0.4 is 10.1 Å². The molecular weight excluding hydrogens is 438 g/mol. The number of nitriles is 1. The number of fused-ring (bicyclic) bond motifs is 1. The van der Waals surface area contributed by atoms with E-state index in [1.54, 1.807) is 6.92 Å². The molecule has 0 amide bonds. The number of benzene rings is 2. The Morgan fingerprint density at radius 2 is 1.82 bits per heavy atom. The van der Waals surface area contributed by atoms with Gasteiger partial charge in [-0.2, -0.15) is 5.26 Å². The molecular formula is C26H30ClN3O3. The van der Waals surface area contributed by atoms with Crippen molar-refractivity contribution >= 4 is 17.6 Å². The average Bonchev–Trinajstić information content (AvgIpc) is 3.27. The summed E-state index contributed by atoms with van der Waals surface area (Å²) < 4.78 is 10.8. The highest BCUT2D eigenvalue weighted by Crippen LogP contribution is 2.45. The predicted octanol–water partition coefficient (Wildman–Crippen LogP) is 3.68. The lowest BCUT2D eigenvalue weighted by Crippen LogP contribution is -2.33. The van der Waals surface area contributed by atoms with Crippen LogP contribution in [0, 0.1) is 29.1 Å². The molecule has 33 heavy (non-hydrogen) atoms. The van der Waals surface area contributed by atoms with Gasteiger partial charge in [0, 0.05) is 37.2 Å². The highest BCUT2D eigenvalue weighted by Gasteiger charge is 2.55. The topological polar surface area (TPSA) is 74.6 Å². The molecule has 2 aromatic rings. The van der Waals surface area contributed by atoms with Gasteiger partial charge in [0.2, 0.25) is 0 Å². The van der Waals surface area contributed by atoms with Crippen molar-refractivity contribution in [3.8, 4) is 11.8 Å². The molecule has 1 heterocycles. The van der Waals surface area contributed by atoms with Crippen molar-refractivity contribution in [2.75, 3.05) is 32.8 Å². The molecule has 0 radical (unpaired) electrons. The van der Waals surface area contributed by atoms with E-state index in [0.717, 1.165) is 54.4 Å². The van der Waals surface area contributed by atoms with Crippen LogP contribution in [0.15, 0.2) is 48.5 Å². The van der Waals surface area contributed by atoms with Crippen LogP contribution in [-0.2, 0) is 22.5 Å². The summed E-state index contributed by atoms with van der Waals surface area (Å²) in [6, 6.07) is 18.3. The number of hydrogen-bond acceptors (Lipinski definition) is 6. The Labute approximate surface area is 200 Å². The molecule has 2 aliphatic rings. The Morgan fingerprint density at radius 1 is 1.15 bits per heavy atom. The summed E-state index contributed by atoms with van der Waals surface area (Å²) in [6.45, 7) is 6.71. The largest absolute Gasteiger partial charge is 0.492 e. The Kier molecular flexibility index (Phi) is 7.87. The normalized spacial score (nSPS) is 22.3. The highest BCUT2D eigenvalue weighted by atomic mass is 35.5.